The molecule has 0 spiro atoms. The van der Waals surface area contributed by atoms with E-state index in [4.69, 9.17) is 25.8 Å². The zero-order chi connectivity index (χ0) is 29.1. The first-order chi connectivity index (χ1) is 20.4. The molecule has 6 rings (SSSR count). The van der Waals surface area contributed by atoms with Gasteiger partial charge in [0.25, 0.3) is 0 Å². The van der Waals surface area contributed by atoms with Crippen molar-refractivity contribution in [2.45, 2.75) is 51.2 Å². The van der Waals surface area contributed by atoms with Crippen molar-refractivity contribution in [1.29, 1.82) is 0 Å². The average molecular weight is 598 g/mol. The third kappa shape index (κ3) is 7.22. The Labute approximate surface area is 250 Å². The number of esters is 1. The lowest BCUT2D eigenvalue weighted by molar-refractivity contribution is -0.159. The SMILES string of the molecule is CC1CN(C2CCN(CCCOc3cc4ncnc(Nc5ccc(F)c(Cl)c5)c4cc3OCC3CC3)CC2)CC(=O)O1. The molecule has 3 aromatic rings. The first-order valence-electron chi connectivity index (χ1n) is 14.8. The number of fused-ring (bicyclic) bond motifs is 1. The van der Waals surface area contributed by atoms with Gasteiger partial charge in [0.1, 0.15) is 24.1 Å². The quantitative estimate of drug-likeness (QED) is 0.229. The van der Waals surface area contributed by atoms with Crippen LogP contribution in [0.5, 0.6) is 11.5 Å². The normalized spacial score (nSPS) is 20.5. The van der Waals surface area contributed by atoms with Crippen molar-refractivity contribution in [3.05, 3.63) is 47.5 Å². The maximum Gasteiger partial charge on any atom is 0.320 e. The zero-order valence-corrected chi connectivity index (χ0v) is 24.6. The van der Waals surface area contributed by atoms with Gasteiger partial charge < -0.3 is 24.4 Å². The number of hydrogen-bond donors (Lipinski definition) is 1. The van der Waals surface area contributed by atoms with Gasteiger partial charge in [-0.25, -0.2) is 14.4 Å². The van der Waals surface area contributed by atoms with Gasteiger partial charge in [-0.3, -0.25) is 9.69 Å². The van der Waals surface area contributed by atoms with Crippen LogP contribution < -0.4 is 14.8 Å². The number of ether oxygens (including phenoxy) is 3. The second-order valence-corrected chi connectivity index (χ2v) is 12.0. The molecule has 1 N–H and O–H groups in total. The Morgan fingerprint density at radius 3 is 2.67 bits per heavy atom. The molecule has 1 atom stereocenters. The summed E-state index contributed by atoms with van der Waals surface area (Å²) in [6.45, 7) is 7.38. The standard InChI is InChI=1S/C31H37ClFN5O4/c1-20-16-38(17-30(39)42-20)23-7-10-37(11-8-23)9-2-12-40-29-15-27-24(14-28(29)41-18-21-3-4-21)31(35-19-34-27)36-22-5-6-26(33)25(32)13-22/h5-6,13-15,19-21,23H,2-4,7-12,16-18H2,1H3,(H,34,35,36). The van der Waals surface area contributed by atoms with Gasteiger partial charge in [-0.15, -0.1) is 0 Å². The van der Waals surface area contributed by atoms with Crippen molar-refractivity contribution in [1.82, 2.24) is 19.8 Å². The fourth-order valence-corrected chi connectivity index (χ4v) is 5.89. The summed E-state index contributed by atoms with van der Waals surface area (Å²) in [5.74, 6) is 1.91. The molecule has 0 bridgehead atoms. The number of hydrogen-bond acceptors (Lipinski definition) is 9. The molecule has 3 aliphatic rings. The van der Waals surface area contributed by atoms with Crippen LogP contribution in [-0.2, 0) is 9.53 Å². The Hall–Kier alpha value is -3.21. The molecule has 0 amide bonds. The first-order valence-corrected chi connectivity index (χ1v) is 15.2. The van der Waals surface area contributed by atoms with E-state index in [9.17, 15) is 9.18 Å². The molecular weight excluding hydrogens is 561 g/mol. The Kier molecular flexibility index (Phi) is 8.92. The van der Waals surface area contributed by atoms with Gasteiger partial charge in [0.2, 0.25) is 0 Å². The van der Waals surface area contributed by atoms with Gasteiger partial charge in [0.05, 0.1) is 30.3 Å². The molecule has 1 unspecified atom stereocenters. The molecule has 9 nitrogen and oxygen atoms in total. The van der Waals surface area contributed by atoms with Crippen molar-refractivity contribution in [2.24, 2.45) is 5.92 Å². The van der Waals surface area contributed by atoms with Gasteiger partial charge in [0, 0.05) is 36.3 Å². The van der Waals surface area contributed by atoms with E-state index in [-0.39, 0.29) is 17.1 Å². The Balaban J connectivity index is 1.07. The molecule has 0 radical (unpaired) electrons. The molecule has 1 aliphatic carbocycles. The van der Waals surface area contributed by atoms with Crippen LogP contribution in [0.1, 0.15) is 39.0 Å². The smallest absolute Gasteiger partial charge is 0.320 e. The minimum absolute atomic E-state index is 0.0297. The summed E-state index contributed by atoms with van der Waals surface area (Å²) >= 11 is 5.97. The lowest BCUT2D eigenvalue weighted by Crippen LogP contribution is -2.52. The van der Waals surface area contributed by atoms with Crippen LogP contribution in [0.25, 0.3) is 10.9 Å². The van der Waals surface area contributed by atoms with Crippen LogP contribution in [0.2, 0.25) is 5.02 Å². The maximum atomic E-state index is 13.7. The number of anilines is 2. The highest BCUT2D eigenvalue weighted by Gasteiger charge is 2.31. The number of halogens is 2. The lowest BCUT2D eigenvalue weighted by atomic mass is 10.0. The monoisotopic (exact) mass is 597 g/mol. The van der Waals surface area contributed by atoms with E-state index < -0.39 is 5.82 Å². The number of piperidine rings is 1. The van der Waals surface area contributed by atoms with Crippen molar-refractivity contribution in [3.8, 4) is 11.5 Å². The van der Waals surface area contributed by atoms with E-state index in [2.05, 4.69) is 25.1 Å². The third-order valence-corrected chi connectivity index (χ3v) is 8.45. The van der Waals surface area contributed by atoms with Gasteiger partial charge >= 0.3 is 5.97 Å². The van der Waals surface area contributed by atoms with E-state index in [0.717, 1.165) is 50.8 Å². The van der Waals surface area contributed by atoms with E-state index >= 15 is 0 Å². The predicted molar refractivity (Wildman–Crippen MR) is 159 cm³/mol. The Bertz CT molecular complexity index is 1420. The summed E-state index contributed by atoms with van der Waals surface area (Å²) in [4.78, 5) is 25.5. The fraction of sp³-hybridized carbons (Fsp3) is 0.516. The highest BCUT2D eigenvalue weighted by Crippen LogP contribution is 2.37. The van der Waals surface area contributed by atoms with E-state index in [1.807, 2.05) is 19.1 Å². The summed E-state index contributed by atoms with van der Waals surface area (Å²) in [7, 11) is 0. The number of cyclic esters (lactones) is 1. The fourth-order valence-electron chi connectivity index (χ4n) is 5.71. The van der Waals surface area contributed by atoms with Gasteiger partial charge in [-0.05, 0) is 82.3 Å². The van der Waals surface area contributed by atoms with Crippen molar-refractivity contribution < 1.29 is 23.4 Å². The molecular formula is C31H37ClFN5O4. The second kappa shape index (κ2) is 13.0. The number of nitrogens with zero attached hydrogens (tertiary/aromatic N) is 4. The van der Waals surface area contributed by atoms with Crippen molar-refractivity contribution in [3.63, 3.8) is 0 Å². The number of carbonyl (C=O) groups excluding carboxylic acids is 1. The van der Waals surface area contributed by atoms with Gasteiger partial charge in [-0.1, -0.05) is 11.6 Å². The number of likely N-dealkylation sites (tertiary alicyclic amines) is 1. The number of carbonyl (C=O) groups is 1. The lowest BCUT2D eigenvalue weighted by Gasteiger charge is -2.41. The highest BCUT2D eigenvalue weighted by molar-refractivity contribution is 6.31. The molecule has 3 fully saturated rings. The maximum absolute atomic E-state index is 13.7. The summed E-state index contributed by atoms with van der Waals surface area (Å²) in [6.07, 6.45) is 6.83. The minimum Gasteiger partial charge on any atom is -0.490 e. The van der Waals surface area contributed by atoms with Crippen LogP contribution in [0.3, 0.4) is 0 Å². The molecule has 3 heterocycles. The number of morpholine rings is 1. The average Bonchev–Trinajstić information content (AvgIpc) is 3.81. The van der Waals surface area contributed by atoms with Crippen LogP contribution in [0.15, 0.2) is 36.7 Å². The minimum atomic E-state index is -0.475. The number of aromatic nitrogens is 2. The van der Waals surface area contributed by atoms with Crippen LogP contribution in [0, 0.1) is 11.7 Å². The van der Waals surface area contributed by atoms with Crippen molar-refractivity contribution >= 4 is 40.0 Å². The van der Waals surface area contributed by atoms with E-state index in [1.54, 1.807) is 6.07 Å². The molecule has 11 heteroatoms. The predicted octanol–water partition coefficient (Wildman–Crippen LogP) is 5.44. The van der Waals surface area contributed by atoms with Crippen LogP contribution >= 0.6 is 11.6 Å². The van der Waals surface area contributed by atoms with Crippen LogP contribution in [-0.4, -0.2) is 83.8 Å². The Morgan fingerprint density at radius 1 is 1.10 bits per heavy atom. The summed E-state index contributed by atoms with van der Waals surface area (Å²) in [5.41, 5.74) is 1.34. The largest absolute Gasteiger partial charge is 0.490 e. The number of benzene rings is 2. The summed E-state index contributed by atoms with van der Waals surface area (Å²) < 4.78 is 31.4. The zero-order valence-electron chi connectivity index (χ0n) is 23.9. The topological polar surface area (TPSA) is 89.0 Å². The van der Waals surface area contributed by atoms with Crippen molar-refractivity contribution in [2.75, 3.05) is 51.3 Å². The molecule has 42 heavy (non-hydrogen) atoms. The highest BCUT2D eigenvalue weighted by atomic mass is 35.5. The van der Waals surface area contributed by atoms with E-state index in [0.29, 0.717) is 60.2 Å². The first kappa shape index (κ1) is 28.9. The molecule has 1 saturated carbocycles. The van der Waals surface area contributed by atoms with Gasteiger partial charge in [0.15, 0.2) is 11.5 Å². The van der Waals surface area contributed by atoms with Gasteiger partial charge in [-0.2, -0.15) is 0 Å². The summed E-state index contributed by atoms with van der Waals surface area (Å²) in [6, 6.07) is 8.72. The molecule has 1 aromatic heterocycles. The Morgan fingerprint density at radius 2 is 1.90 bits per heavy atom. The molecule has 2 aliphatic heterocycles. The van der Waals surface area contributed by atoms with Crippen LogP contribution in [0.4, 0.5) is 15.9 Å². The molecule has 2 aromatic carbocycles. The summed E-state index contributed by atoms with van der Waals surface area (Å²) in [5, 5.41) is 4.04. The molecule has 2 saturated heterocycles. The van der Waals surface area contributed by atoms with E-state index in [1.165, 1.54) is 31.3 Å². The number of nitrogens with one attached hydrogen (secondary N) is 1. The second-order valence-electron chi connectivity index (χ2n) is 11.6. The number of rotatable bonds is 11. The third-order valence-electron chi connectivity index (χ3n) is 8.16. The molecule has 224 valence electrons.